The van der Waals surface area contributed by atoms with E-state index in [0.717, 1.165) is 41.4 Å². The Balaban J connectivity index is 1.01. The van der Waals surface area contributed by atoms with Crippen molar-refractivity contribution in [1.29, 1.82) is 0 Å². The monoisotopic (exact) mass is 681 g/mol. The summed E-state index contributed by atoms with van der Waals surface area (Å²) in [4.78, 5) is 2.70. The van der Waals surface area contributed by atoms with Crippen LogP contribution in [0.25, 0.3) is 11.1 Å². The van der Waals surface area contributed by atoms with Crippen molar-refractivity contribution >= 4 is 17.1 Å². The molecule has 2 spiro atoms. The standard InChI is InChI=1S/C51H55N/c1-47(2)18-19-48(3,4)42-26-37(16-17-40(42)47)52(36-14-12-33(13-15-36)49-27-30-20-31(28-49)22-34(49)21-30)43-11-7-10-41-46(43)38-8-5-6-9-39(38)51(41)44-24-32-23-35-25-45(51)50(35,44)29-32/h5-17,26,30-32,34-35,44-45H,18-25,27-29H2,1-4H3. The van der Waals surface area contributed by atoms with Gasteiger partial charge in [0.1, 0.15) is 0 Å². The highest BCUT2D eigenvalue weighted by molar-refractivity contribution is 5.96. The van der Waals surface area contributed by atoms with Gasteiger partial charge >= 0.3 is 0 Å². The molecule has 264 valence electrons. The molecule has 0 saturated heterocycles. The Morgan fingerprint density at radius 2 is 1.21 bits per heavy atom. The minimum Gasteiger partial charge on any atom is -0.310 e. The molecule has 8 unspecified atom stereocenters. The average Bonchev–Trinajstić information content (AvgIpc) is 3.89. The molecule has 0 aliphatic heterocycles. The lowest BCUT2D eigenvalue weighted by Gasteiger charge is -2.76. The predicted molar refractivity (Wildman–Crippen MR) is 213 cm³/mol. The average molecular weight is 682 g/mol. The summed E-state index contributed by atoms with van der Waals surface area (Å²) in [6.45, 7) is 9.90. The summed E-state index contributed by atoms with van der Waals surface area (Å²) in [5.41, 5.74) is 16.8. The molecular formula is C51H55N. The van der Waals surface area contributed by atoms with Crippen molar-refractivity contribution in [2.24, 2.45) is 46.8 Å². The molecule has 4 aromatic carbocycles. The Labute approximate surface area is 311 Å². The van der Waals surface area contributed by atoms with Crippen molar-refractivity contribution in [3.63, 3.8) is 0 Å². The second-order valence-corrected chi connectivity index (χ2v) is 21.4. The van der Waals surface area contributed by atoms with Crippen molar-refractivity contribution in [2.45, 2.75) is 120 Å². The van der Waals surface area contributed by atoms with E-state index in [1.165, 1.54) is 98.8 Å². The van der Waals surface area contributed by atoms with E-state index in [1.54, 1.807) is 27.8 Å². The zero-order valence-electron chi connectivity index (χ0n) is 31.8. The fraction of sp³-hybridized carbons (Fsp3) is 0.529. The summed E-state index contributed by atoms with van der Waals surface area (Å²) in [5.74, 6) is 6.50. The number of benzene rings is 4. The fourth-order valence-electron chi connectivity index (χ4n) is 16.9. The van der Waals surface area contributed by atoms with Gasteiger partial charge in [0.15, 0.2) is 0 Å². The summed E-state index contributed by atoms with van der Waals surface area (Å²) >= 11 is 0. The zero-order valence-corrected chi connectivity index (χ0v) is 31.8. The number of anilines is 3. The number of nitrogens with zero attached hydrogens (tertiary/aromatic N) is 1. The molecule has 0 radical (unpaired) electrons. The molecule has 10 aliphatic carbocycles. The Bertz CT molecular complexity index is 2210. The molecule has 8 saturated carbocycles. The van der Waals surface area contributed by atoms with Crippen LogP contribution in [0.1, 0.15) is 126 Å². The lowest BCUT2D eigenvalue weighted by Crippen LogP contribution is -2.73. The number of fused-ring (bicyclic) bond motifs is 9. The third kappa shape index (κ3) is 3.27. The zero-order chi connectivity index (χ0) is 34.6. The summed E-state index contributed by atoms with van der Waals surface area (Å²) in [7, 11) is 0. The Kier molecular flexibility index (Phi) is 5.38. The van der Waals surface area contributed by atoms with E-state index in [4.69, 9.17) is 0 Å². The topological polar surface area (TPSA) is 3.24 Å². The highest BCUT2D eigenvalue weighted by Gasteiger charge is 2.84. The van der Waals surface area contributed by atoms with Crippen molar-refractivity contribution < 1.29 is 0 Å². The van der Waals surface area contributed by atoms with E-state index in [9.17, 15) is 0 Å². The predicted octanol–water partition coefficient (Wildman–Crippen LogP) is 12.9. The molecule has 8 fully saturated rings. The Hall–Kier alpha value is -3.32. The van der Waals surface area contributed by atoms with Gasteiger partial charge in [-0.15, -0.1) is 0 Å². The van der Waals surface area contributed by atoms with Gasteiger partial charge in [-0.2, -0.15) is 0 Å². The molecule has 52 heavy (non-hydrogen) atoms. The van der Waals surface area contributed by atoms with Gasteiger partial charge in [-0.25, -0.2) is 0 Å². The van der Waals surface area contributed by atoms with Gasteiger partial charge in [0, 0.05) is 22.4 Å². The third-order valence-electron chi connectivity index (χ3n) is 18.7. The van der Waals surface area contributed by atoms with Gasteiger partial charge in [-0.3, -0.25) is 0 Å². The molecule has 4 aromatic rings. The molecule has 0 N–H and O–H groups in total. The smallest absolute Gasteiger partial charge is 0.0543 e. The van der Waals surface area contributed by atoms with Gasteiger partial charge in [0.2, 0.25) is 0 Å². The van der Waals surface area contributed by atoms with E-state index in [2.05, 4.69) is 118 Å². The van der Waals surface area contributed by atoms with E-state index in [-0.39, 0.29) is 16.2 Å². The van der Waals surface area contributed by atoms with Crippen molar-refractivity contribution in [3.05, 3.63) is 113 Å². The summed E-state index contributed by atoms with van der Waals surface area (Å²) in [5, 5.41) is 0. The molecule has 0 heterocycles. The van der Waals surface area contributed by atoms with Gasteiger partial charge < -0.3 is 4.90 Å². The molecule has 0 amide bonds. The number of hydrogen-bond donors (Lipinski definition) is 0. The number of rotatable bonds is 4. The molecule has 10 aliphatic rings. The van der Waals surface area contributed by atoms with Gasteiger partial charge in [0.05, 0.1) is 5.69 Å². The SMILES string of the molecule is CC1(C)CCC(C)(C)c2cc(N(c3ccc(C45CC6CC(CC4C6)C5)cc3)c3cccc4c3-c3ccccc3C43C4CC5CC6CC3C64C5)ccc21. The van der Waals surface area contributed by atoms with Crippen molar-refractivity contribution in [2.75, 3.05) is 4.90 Å². The minimum absolute atomic E-state index is 0.161. The first kappa shape index (κ1) is 30.1. The summed E-state index contributed by atoms with van der Waals surface area (Å²) in [6.07, 6.45) is 15.8. The summed E-state index contributed by atoms with van der Waals surface area (Å²) in [6, 6.07) is 35.0. The van der Waals surface area contributed by atoms with Crippen molar-refractivity contribution in [1.82, 2.24) is 0 Å². The highest BCUT2D eigenvalue weighted by Crippen LogP contribution is 2.90. The molecule has 8 atom stereocenters. The molecule has 1 heteroatoms. The van der Waals surface area contributed by atoms with Crippen LogP contribution in [0.15, 0.2) is 84.9 Å². The lowest BCUT2D eigenvalue weighted by atomic mass is 9.27. The first-order chi connectivity index (χ1) is 25.1. The van der Waals surface area contributed by atoms with Gasteiger partial charge in [-0.1, -0.05) is 82.3 Å². The maximum atomic E-state index is 2.70. The van der Waals surface area contributed by atoms with Crippen LogP contribution in [-0.4, -0.2) is 0 Å². The van der Waals surface area contributed by atoms with E-state index in [1.807, 2.05) is 0 Å². The maximum absolute atomic E-state index is 2.70. The van der Waals surface area contributed by atoms with Crippen LogP contribution in [0.3, 0.4) is 0 Å². The van der Waals surface area contributed by atoms with E-state index >= 15 is 0 Å². The quantitative estimate of drug-likeness (QED) is 0.207. The normalized spacial score (nSPS) is 40.6. The van der Waals surface area contributed by atoms with Crippen LogP contribution in [0.5, 0.6) is 0 Å². The number of hydrogen-bond acceptors (Lipinski definition) is 1. The second-order valence-electron chi connectivity index (χ2n) is 21.4. The van der Waals surface area contributed by atoms with Crippen LogP contribution < -0.4 is 4.90 Å². The van der Waals surface area contributed by atoms with Crippen LogP contribution in [0.4, 0.5) is 17.1 Å². The largest absolute Gasteiger partial charge is 0.310 e. The van der Waals surface area contributed by atoms with E-state index in [0.29, 0.717) is 10.8 Å². The summed E-state index contributed by atoms with van der Waals surface area (Å²) < 4.78 is 0. The lowest BCUT2D eigenvalue weighted by molar-refractivity contribution is -0.231. The second kappa shape index (κ2) is 9.30. The fourth-order valence-corrected chi connectivity index (χ4v) is 16.9. The molecule has 0 aromatic heterocycles. The molecule has 1 nitrogen and oxygen atoms in total. The first-order valence-corrected chi connectivity index (χ1v) is 21.4. The molecule has 14 rings (SSSR count). The molecule has 6 bridgehead atoms. The highest BCUT2D eigenvalue weighted by atomic mass is 15.1. The van der Waals surface area contributed by atoms with Gasteiger partial charge in [0.25, 0.3) is 0 Å². The Morgan fingerprint density at radius 1 is 0.538 bits per heavy atom. The first-order valence-electron chi connectivity index (χ1n) is 21.4. The van der Waals surface area contributed by atoms with Gasteiger partial charge in [-0.05, 0) is 197 Å². The maximum Gasteiger partial charge on any atom is 0.0543 e. The van der Waals surface area contributed by atoms with Crippen LogP contribution in [0.2, 0.25) is 0 Å². The molecular weight excluding hydrogens is 627 g/mol. The van der Waals surface area contributed by atoms with Crippen LogP contribution in [-0.2, 0) is 21.7 Å². The Morgan fingerprint density at radius 3 is 2.00 bits per heavy atom. The van der Waals surface area contributed by atoms with Crippen LogP contribution >= 0.6 is 0 Å². The third-order valence-corrected chi connectivity index (χ3v) is 18.7. The van der Waals surface area contributed by atoms with E-state index < -0.39 is 0 Å². The van der Waals surface area contributed by atoms with Crippen molar-refractivity contribution in [3.8, 4) is 11.1 Å². The minimum atomic E-state index is 0.161. The van der Waals surface area contributed by atoms with Crippen LogP contribution in [0, 0.1) is 46.8 Å².